The smallest absolute Gasteiger partial charge is 0.224 e. The van der Waals surface area contributed by atoms with Crippen molar-refractivity contribution in [1.29, 1.82) is 0 Å². The summed E-state index contributed by atoms with van der Waals surface area (Å²) in [5.74, 6) is 0.758. The van der Waals surface area contributed by atoms with E-state index in [1.165, 1.54) is 11.8 Å². The highest BCUT2D eigenvalue weighted by molar-refractivity contribution is 14.1. The van der Waals surface area contributed by atoms with Gasteiger partial charge in [0.05, 0.1) is 5.02 Å². The molecule has 0 aliphatic carbocycles. The lowest BCUT2D eigenvalue weighted by atomic mass is 10.2. The number of benzene rings is 1. The van der Waals surface area contributed by atoms with Crippen molar-refractivity contribution in [2.75, 3.05) is 12.0 Å². The number of anilines is 1. The molecule has 2 aromatic rings. The van der Waals surface area contributed by atoms with Crippen LogP contribution in [0, 0.1) is 3.57 Å². The zero-order chi connectivity index (χ0) is 12.4. The van der Waals surface area contributed by atoms with Gasteiger partial charge in [-0.1, -0.05) is 29.4 Å². The fourth-order valence-electron chi connectivity index (χ4n) is 1.23. The van der Waals surface area contributed by atoms with Crippen molar-refractivity contribution >= 4 is 51.9 Å². The lowest BCUT2D eigenvalue weighted by Gasteiger charge is -2.04. The van der Waals surface area contributed by atoms with Crippen LogP contribution in [0.25, 0.3) is 11.4 Å². The normalized spacial score (nSPS) is 10.5. The molecule has 0 unspecified atom stereocenters. The highest BCUT2D eigenvalue weighted by Crippen LogP contribution is 2.25. The first-order valence-electron chi connectivity index (χ1n) is 4.61. The highest BCUT2D eigenvalue weighted by atomic mass is 127. The summed E-state index contributed by atoms with van der Waals surface area (Å²) < 4.78 is 0.986. The van der Waals surface area contributed by atoms with Gasteiger partial charge in [-0.25, -0.2) is 4.98 Å². The minimum absolute atomic E-state index is 0.217. The largest absolute Gasteiger partial charge is 0.368 e. The molecule has 1 heterocycles. The Morgan fingerprint density at radius 2 is 2.06 bits per heavy atom. The number of hydrogen-bond acceptors (Lipinski definition) is 5. The summed E-state index contributed by atoms with van der Waals surface area (Å²) in [7, 11) is 0. The summed E-state index contributed by atoms with van der Waals surface area (Å²) >= 11 is 9.65. The van der Waals surface area contributed by atoms with Crippen molar-refractivity contribution < 1.29 is 0 Å². The highest BCUT2D eigenvalue weighted by Gasteiger charge is 2.08. The van der Waals surface area contributed by atoms with Crippen LogP contribution in [0.2, 0.25) is 5.02 Å². The fourth-order valence-corrected chi connectivity index (χ4v) is 2.11. The number of aromatic nitrogens is 3. The first kappa shape index (κ1) is 12.8. The van der Waals surface area contributed by atoms with Gasteiger partial charge in [-0.15, -0.1) is 0 Å². The molecule has 7 heteroatoms. The molecule has 0 radical (unpaired) electrons. The Labute approximate surface area is 122 Å². The Kier molecular flexibility index (Phi) is 4.05. The van der Waals surface area contributed by atoms with Crippen molar-refractivity contribution in [3.05, 3.63) is 26.8 Å². The van der Waals surface area contributed by atoms with Crippen molar-refractivity contribution in [1.82, 2.24) is 15.0 Å². The Balaban J connectivity index is 2.52. The molecule has 17 heavy (non-hydrogen) atoms. The molecule has 0 fully saturated rings. The lowest BCUT2D eigenvalue weighted by Crippen LogP contribution is -2.01. The molecule has 0 bridgehead atoms. The van der Waals surface area contributed by atoms with Gasteiger partial charge >= 0.3 is 0 Å². The molecule has 0 aliphatic rings. The third-order valence-electron chi connectivity index (χ3n) is 1.99. The third kappa shape index (κ3) is 2.99. The van der Waals surface area contributed by atoms with E-state index in [1.807, 2.05) is 24.5 Å². The average Bonchev–Trinajstić information content (AvgIpc) is 2.32. The van der Waals surface area contributed by atoms with Crippen LogP contribution in [0.4, 0.5) is 5.95 Å². The van der Waals surface area contributed by atoms with Crippen molar-refractivity contribution in [3.8, 4) is 11.4 Å². The van der Waals surface area contributed by atoms with E-state index in [4.69, 9.17) is 17.3 Å². The molecule has 4 nitrogen and oxygen atoms in total. The molecular formula is C10H8ClIN4S. The Hall–Kier alpha value is -0.600. The molecule has 0 atom stereocenters. The Bertz CT molecular complexity index is 564. The summed E-state index contributed by atoms with van der Waals surface area (Å²) in [4.78, 5) is 12.4. The first-order chi connectivity index (χ1) is 8.10. The van der Waals surface area contributed by atoms with Gasteiger partial charge in [0, 0.05) is 9.13 Å². The second-order valence-electron chi connectivity index (χ2n) is 3.13. The summed E-state index contributed by atoms with van der Waals surface area (Å²) in [6, 6.07) is 5.64. The van der Waals surface area contributed by atoms with Crippen LogP contribution in [0.5, 0.6) is 0 Å². The molecule has 0 saturated heterocycles. The van der Waals surface area contributed by atoms with Gasteiger partial charge < -0.3 is 5.73 Å². The molecule has 1 aromatic carbocycles. The zero-order valence-corrected chi connectivity index (χ0v) is 12.5. The monoisotopic (exact) mass is 378 g/mol. The van der Waals surface area contributed by atoms with Crippen molar-refractivity contribution in [2.24, 2.45) is 0 Å². The fraction of sp³-hybridized carbons (Fsp3) is 0.100. The summed E-state index contributed by atoms with van der Waals surface area (Å²) in [6.07, 6.45) is 1.89. The molecule has 2 rings (SSSR count). The lowest BCUT2D eigenvalue weighted by molar-refractivity contribution is 0.927. The quantitative estimate of drug-likeness (QED) is 0.642. The molecule has 0 aliphatic heterocycles. The number of nitrogens with two attached hydrogens (primary N) is 1. The molecule has 1 aromatic heterocycles. The van der Waals surface area contributed by atoms with E-state index in [9.17, 15) is 0 Å². The standard InChI is InChI=1S/C10H8ClIN4S/c1-17-10-15-8(14-9(13)16-10)5-2-3-7(12)6(11)4-5/h2-4H,1H3,(H2,13,14,15,16). The van der Waals surface area contributed by atoms with Crippen LogP contribution in [0.3, 0.4) is 0 Å². The summed E-state index contributed by atoms with van der Waals surface area (Å²) in [5, 5.41) is 1.27. The minimum Gasteiger partial charge on any atom is -0.368 e. The van der Waals surface area contributed by atoms with Gasteiger partial charge in [-0.3, -0.25) is 0 Å². The Morgan fingerprint density at radius 1 is 1.29 bits per heavy atom. The van der Waals surface area contributed by atoms with Gasteiger partial charge in [0.1, 0.15) is 0 Å². The van der Waals surface area contributed by atoms with Crippen molar-refractivity contribution in [2.45, 2.75) is 5.16 Å². The molecular weight excluding hydrogens is 371 g/mol. The average molecular weight is 379 g/mol. The van der Waals surface area contributed by atoms with Crippen LogP contribution < -0.4 is 5.73 Å². The molecule has 0 saturated carbocycles. The number of halogens is 2. The van der Waals surface area contributed by atoms with Gasteiger partial charge in [0.2, 0.25) is 5.95 Å². The number of hydrogen-bond donors (Lipinski definition) is 1. The van der Waals surface area contributed by atoms with Crippen molar-refractivity contribution in [3.63, 3.8) is 0 Å². The van der Waals surface area contributed by atoms with E-state index in [1.54, 1.807) is 0 Å². The molecule has 0 amide bonds. The molecule has 0 spiro atoms. The van der Waals surface area contributed by atoms with Crippen LogP contribution >= 0.6 is 46.0 Å². The van der Waals surface area contributed by atoms with Crippen LogP contribution in [0.1, 0.15) is 0 Å². The number of rotatable bonds is 2. The number of nitrogens with zero attached hydrogens (tertiary/aromatic N) is 3. The van der Waals surface area contributed by atoms with Gasteiger partial charge in [-0.2, -0.15) is 9.97 Å². The second-order valence-corrected chi connectivity index (χ2v) is 5.48. The van der Waals surface area contributed by atoms with E-state index >= 15 is 0 Å². The van der Waals surface area contributed by atoms with Gasteiger partial charge in [0.25, 0.3) is 0 Å². The van der Waals surface area contributed by atoms with E-state index in [-0.39, 0.29) is 5.95 Å². The van der Waals surface area contributed by atoms with E-state index < -0.39 is 0 Å². The van der Waals surface area contributed by atoms with Crippen LogP contribution in [-0.4, -0.2) is 21.2 Å². The predicted molar refractivity (Wildman–Crippen MR) is 79.2 cm³/mol. The van der Waals surface area contributed by atoms with E-state index in [0.717, 1.165) is 9.13 Å². The van der Waals surface area contributed by atoms with Gasteiger partial charge in [0.15, 0.2) is 11.0 Å². The molecule has 2 N–H and O–H groups in total. The Morgan fingerprint density at radius 3 is 2.71 bits per heavy atom. The maximum absolute atomic E-state index is 6.06. The predicted octanol–water partition coefficient (Wildman–Crippen LogP) is 3.10. The maximum Gasteiger partial charge on any atom is 0.224 e. The summed E-state index contributed by atoms with van der Waals surface area (Å²) in [5.41, 5.74) is 6.46. The third-order valence-corrected chi connectivity index (χ3v) is 4.11. The second kappa shape index (κ2) is 5.36. The maximum atomic E-state index is 6.06. The summed E-state index contributed by atoms with van der Waals surface area (Å²) in [6.45, 7) is 0. The van der Waals surface area contributed by atoms with Gasteiger partial charge in [-0.05, 0) is 41.0 Å². The van der Waals surface area contributed by atoms with E-state index in [0.29, 0.717) is 16.0 Å². The number of nitrogen functional groups attached to an aromatic ring is 1. The van der Waals surface area contributed by atoms with Crippen LogP contribution in [0.15, 0.2) is 23.4 Å². The van der Waals surface area contributed by atoms with Crippen LogP contribution in [-0.2, 0) is 0 Å². The first-order valence-corrected chi connectivity index (χ1v) is 7.29. The zero-order valence-electron chi connectivity index (χ0n) is 8.82. The number of thioether (sulfide) groups is 1. The van der Waals surface area contributed by atoms with E-state index in [2.05, 4.69) is 37.5 Å². The SMILES string of the molecule is CSc1nc(N)nc(-c2ccc(I)c(Cl)c2)n1. The molecule has 88 valence electrons. The topological polar surface area (TPSA) is 64.7 Å². The minimum atomic E-state index is 0.217.